The summed E-state index contributed by atoms with van der Waals surface area (Å²) in [6.45, 7) is 2.17. The number of aliphatic hydroxyl groups is 2. The number of cyclic esters (lactones) is 1. The zero-order valence-electron chi connectivity index (χ0n) is 8.33. The SMILES string of the molecule is CCB1OCC(C2OC(=O)C(O)C2O)O1. The molecule has 4 atom stereocenters. The van der Waals surface area contributed by atoms with Crippen molar-refractivity contribution in [2.45, 2.75) is 37.7 Å². The first-order chi connectivity index (χ1) is 7.13. The van der Waals surface area contributed by atoms with Crippen LogP contribution in [0.25, 0.3) is 0 Å². The standard InChI is InChI=1S/C8H13BO6/c1-2-9-13-3-4(15-9)7-5(10)6(11)8(12)14-7/h4-7,10-11H,2-3H2,1H3. The second-order valence-electron chi connectivity index (χ2n) is 3.68. The molecule has 0 saturated carbocycles. The third-order valence-electron chi connectivity index (χ3n) is 2.63. The zero-order chi connectivity index (χ0) is 11.0. The normalized spacial score (nSPS) is 41.0. The van der Waals surface area contributed by atoms with E-state index in [0.717, 1.165) is 0 Å². The fraction of sp³-hybridized carbons (Fsp3) is 0.875. The number of hydrogen-bond acceptors (Lipinski definition) is 6. The minimum atomic E-state index is -1.47. The van der Waals surface area contributed by atoms with Crippen LogP contribution in [0.15, 0.2) is 0 Å². The molecule has 2 saturated heterocycles. The van der Waals surface area contributed by atoms with Gasteiger partial charge in [-0.25, -0.2) is 4.79 Å². The van der Waals surface area contributed by atoms with Crippen LogP contribution in [0, 0.1) is 0 Å². The summed E-state index contributed by atoms with van der Waals surface area (Å²) < 4.78 is 15.4. The number of carbonyl (C=O) groups excluding carboxylic acids is 1. The van der Waals surface area contributed by atoms with Gasteiger partial charge in [-0.05, 0) is 6.32 Å². The quantitative estimate of drug-likeness (QED) is 0.434. The van der Waals surface area contributed by atoms with Gasteiger partial charge in [-0.3, -0.25) is 0 Å². The second-order valence-corrected chi connectivity index (χ2v) is 3.68. The summed E-state index contributed by atoms with van der Waals surface area (Å²) in [5.74, 6) is -0.809. The monoisotopic (exact) mass is 216 g/mol. The largest absolute Gasteiger partial charge is 0.457 e. The average Bonchev–Trinajstić information content (AvgIpc) is 2.79. The molecule has 0 aromatic carbocycles. The first-order valence-corrected chi connectivity index (χ1v) is 4.97. The number of rotatable bonds is 2. The highest BCUT2D eigenvalue weighted by Crippen LogP contribution is 2.25. The molecule has 0 amide bonds. The average molecular weight is 216 g/mol. The Labute approximate surface area is 87.3 Å². The summed E-state index contributed by atoms with van der Waals surface area (Å²) in [4.78, 5) is 11.0. The van der Waals surface area contributed by atoms with Gasteiger partial charge < -0.3 is 24.3 Å². The van der Waals surface area contributed by atoms with E-state index >= 15 is 0 Å². The summed E-state index contributed by atoms with van der Waals surface area (Å²) in [5, 5.41) is 18.7. The van der Waals surface area contributed by atoms with Gasteiger partial charge in [0.15, 0.2) is 12.2 Å². The van der Waals surface area contributed by atoms with Crippen LogP contribution in [0.5, 0.6) is 0 Å². The van der Waals surface area contributed by atoms with Crippen molar-refractivity contribution >= 4 is 13.1 Å². The lowest BCUT2D eigenvalue weighted by atomic mass is 9.87. The Morgan fingerprint density at radius 2 is 2.27 bits per heavy atom. The molecule has 2 aliphatic rings. The van der Waals surface area contributed by atoms with Crippen molar-refractivity contribution in [1.82, 2.24) is 0 Å². The minimum Gasteiger partial charge on any atom is -0.455 e. The first-order valence-electron chi connectivity index (χ1n) is 4.97. The van der Waals surface area contributed by atoms with E-state index in [0.29, 0.717) is 6.32 Å². The summed E-state index contributed by atoms with van der Waals surface area (Å²) in [6.07, 6.45) is -3.34. The van der Waals surface area contributed by atoms with E-state index in [-0.39, 0.29) is 13.7 Å². The maximum absolute atomic E-state index is 11.0. The Morgan fingerprint density at radius 1 is 1.53 bits per heavy atom. The van der Waals surface area contributed by atoms with Crippen molar-refractivity contribution in [2.24, 2.45) is 0 Å². The van der Waals surface area contributed by atoms with Gasteiger partial charge in [-0.1, -0.05) is 6.92 Å². The fourth-order valence-corrected chi connectivity index (χ4v) is 1.75. The van der Waals surface area contributed by atoms with Gasteiger partial charge in [0.2, 0.25) is 0 Å². The number of hydrogen-bond donors (Lipinski definition) is 2. The summed E-state index contributed by atoms with van der Waals surface area (Å²) in [6, 6.07) is 0. The Kier molecular flexibility index (Phi) is 2.97. The number of carbonyl (C=O) groups is 1. The topological polar surface area (TPSA) is 85.2 Å². The molecule has 4 unspecified atom stereocenters. The van der Waals surface area contributed by atoms with Crippen LogP contribution >= 0.6 is 0 Å². The molecule has 6 nitrogen and oxygen atoms in total. The smallest absolute Gasteiger partial charge is 0.455 e. The van der Waals surface area contributed by atoms with E-state index in [1.807, 2.05) is 6.92 Å². The zero-order valence-corrected chi connectivity index (χ0v) is 8.33. The Balaban J connectivity index is 1.98. The summed E-state index contributed by atoms with van der Waals surface area (Å²) in [5.41, 5.74) is 0. The number of esters is 1. The van der Waals surface area contributed by atoms with E-state index in [2.05, 4.69) is 0 Å². The third-order valence-corrected chi connectivity index (χ3v) is 2.63. The Hall–Kier alpha value is -0.625. The summed E-state index contributed by atoms with van der Waals surface area (Å²) in [7, 11) is -0.321. The molecule has 2 aliphatic heterocycles. The van der Waals surface area contributed by atoms with Gasteiger partial charge in [0.1, 0.15) is 12.2 Å². The third kappa shape index (κ3) is 1.88. The molecule has 0 bridgehead atoms. The van der Waals surface area contributed by atoms with Crippen molar-refractivity contribution in [3.63, 3.8) is 0 Å². The molecule has 0 spiro atoms. The fourth-order valence-electron chi connectivity index (χ4n) is 1.75. The van der Waals surface area contributed by atoms with Gasteiger partial charge in [-0.15, -0.1) is 0 Å². The molecule has 84 valence electrons. The molecule has 15 heavy (non-hydrogen) atoms. The molecule has 0 radical (unpaired) electrons. The molecule has 2 fully saturated rings. The lowest BCUT2D eigenvalue weighted by Crippen LogP contribution is -2.40. The van der Waals surface area contributed by atoms with Crippen molar-refractivity contribution in [3.05, 3.63) is 0 Å². The van der Waals surface area contributed by atoms with Crippen LogP contribution in [-0.2, 0) is 18.8 Å². The molecule has 2 heterocycles. The van der Waals surface area contributed by atoms with Crippen molar-refractivity contribution in [2.75, 3.05) is 6.61 Å². The molecular weight excluding hydrogens is 203 g/mol. The number of aliphatic hydroxyl groups excluding tert-OH is 2. The highest BCUT2D eigenvalue weighted by atomic mass is 16.7. The van der Waals surface area contributed by atoms with Gasteiger partial charge in [0.05, 0.1) is 6.61 Å². The highest BCUT2D eigenvalue weighted by Gasteiger charge is 2.49. The molecule has 0 aromatic rings. The van der Waals surface area contributed by atoms with E-state index in [4.69, 9.17) is 14.0 Å². The van der Waals surface area contributed by atoms with Crippen molar-refractivity contribution in [3.8, 4) is 0 Å². The predicted octanol–water partition coefficient (Wildman–Crippen LogP) is -1.44. The van der Waals surface area contributed by atoms with Gasteiger partial charge in [-0.2, -0.15) is 0 Å². The van der Waals surface area contributed by atoms with E-state index in [1.165, 1.54) is 0 Å². The molecule has 7 heteroatoms. The van der Waals surface area contributed by atoms with Gasteiger partial charge >= 0.3 is 13.1 Å². The minimum absolute atomic E-state index is 0.264. The Morgan fingerprint density at radius 3 is 2.73 bits per heavy atom. The molecule has 2 N–H and O–H groups in total. The second kappa shape index (κ2) is 4.09. The number of ether oxygens (including phenoxy) is 1. The molecule has 0 aromatic heterocycles. The van der Waals surface area contributed by atoms with E-state index in [9.17, 15) is 15.0 Å². The molecule has 0 aliphatic carbocycles. The van der Waals surface area contributed by atoms with Crippen LogP contribution in [-0.4, -0.2) is 54.3 Å². The van der Waals surface area contributed by atoms with Crippen molar-refractivity contribution in [1.29, 1.82) is 0 Å². The maximum atomic E-state index is 11.0. The van der Waals surface area contributed by atoms with Crippen LogP contribution in [0.4, 0.5) is 0 Å². The lowest BCUT2D eigenvalue weighted by Gasteiger charge is -2.19. The maximum Gasteiger partial charge on any atom is 0.457 e. The first kappa shape index (κ1) is 10.9. The Bertz CT molecular complexity index is 260. The van der Waals surface area contributed by atoms with Crippen molar-refractivity contribution < 1.29 is 29.1 Å². The van der Waals surface area contributed by atoms with Crippen LogP contribution in [0.2, 0.25) is 6.32 Å². The predicted molar refractivity (Wildman–Crippen MR) is 49.0 cm³/mol. The highest BCUT2D eigenvalue weighted by molar-refractivity contribution is 6.44. The van der Waals surface area contributed by atoms with E-state index in [1.54, 1.807) is 0 Å². The van der Waals surface area contributed by atoms with Crippen LogP contribution < -0.4 is 0 Å². The molecule has 2 rings (SSSR count). The van der Waals surface area contributed by atoms with Gasteiger partial charge in [0, 0.05) is 0 Å². The summed E-state index contributed by atoms with van der Waals surface area (Å²) >= 11 is 0. The van der Waals surface area contributed by atoms with Crippen LogP contribution in [0.3, 0.4) is 0 Å². The van der Waals surface area contributed by atoms with Gasteiger partial charge in [0.25, 0.3) is 0 Å². The molecular formula is C8H13BO6. The van der Waals surface area contributed by atoms with Crippen LogP contribution in [0.1, 0.15) is 6.92 Å². The van der Waals surface area contributed by atoms with E-state index < -0.39 is 30.4 Å². The lowest BCUT2D eigenvalue weighted by molar-refractivity contribution is -0.149.